The van der Waals surface area contributed by atoms with Crippen LogP contribution in [0.5, 0.6) is 0 Å². The van der Waals surface area contributed by atoms with Crippen molar-refractivity contribution in [2.75, 3.05) is 24.7 Å². The number of hydrogen-bond acceptors (Lipinski definition) is 4. The fraction of sp³-hybridized carbons (Fsp3) is 0.500. The van der Waals surface area contributed by atoms with E-state index >= 15 is 0 Å². The first-order chi connectivity index (χ1) is 9.26. The maximum absolute atomic E-state index is 11.9. The van der Waals surface area contributed by atoms with Gasteiger partial charge in [0.1, 0.15) is 5.37 Å². The molecule has 104 valence electrons. The molecule has 19 heavy (non-hydrogen) atoms. The molecule has 5 heteroatoms. The van der Waals surface area contributed by atoms with Crippen LogP contribution in [-0.2, 0) is 4.79 Å². The Morgan fingerprint density at radius 3 is 2.79 bits per heavy atom. The second-order valence-corrected chi connectivity index (χ2v) is 6.74. The van der Waals surface area contributed by atoms with Gasteiger partial charge in [-0.2, -0.15) is 0 Å². The van der Waals surface area contributed by atoms with E-state index < -0.39 is 0 Å². The molecule has 0 spiro atoms. The van der Waals surface area contributed by atoms with Crippen LogP contribution in [0.4, 0.5) is 0 Å². The summed E-state index contributed by atoms with van der Waals surface area (Å²) in [4.78, 5) is 15.0. The molecule has 1 saturated heterocycles. The van der Waals surface area contributed by atoms with Crippen LogP contribution in [-0.4, -0.2) is 40.6 Å². The van der Waals surface area contributed by atoms with Crippen molar-refractivity contribution in [1.82, 2.24) is 4.90 Å². The Morgan fingerprint density at radius 1 is 1.42 bits per heavy atom. The summed E-state index contributed by atoms with van der Waals surface area (Å²) >= 11 is 3.49. The highest BCUT2D eigenvalue weighted by Crippen LogP contribution is 2.39. The molecular formula is C14H19NO2S2. The first kappa shape index (κ1) is 14.8. The molecule has 1 atom stereocenters. The van der Waals surface area contributed by atoms with Crippen LogP contribution in [0, 0.1) is 0 Å². The number of thioether (sulfide) groups is 2. The van der Waals surface area contributed by atoms with Gasteiger partial charge < -0.3 is 10.0 Å². The molecule has 1 aliphatic heterocycles. The van der Waals surface area contributed by atoms with Crippen molar-refractivity contribution in [2.24, 2.45) is 0 Å². The second kappa shape index (κ2) is 7.22. The minimum atomic E-state index is 0.111. The number of carbonyl (C=O) groups excluding carboxylic acids is 1. The molecule has 1 amide bonds. The smallest absolute Gasteiger partial charge is 0.233 e. The van der Waals surface area contributed by atoms with Crippen LogP contribution in [0.3, 0.4) is 0 Å². The largest absolute Gasteiger partial charge is 0.396 e. The maximum atomic E-state index is 11.9. The van der Waals surface area contributed by atoms with E-state index in [0.29, 0.717) is 18.7 Å². The molecule has 0 radical (unpaired) electrons. The lowest BCUT2D eigenvalue weighted by molar-refractivity contribution is -0.128. The molecule has 1 aromatic rings. The highest BCUT2D eigenvalue weighted by atomic mass is 32.2. The van der Waals surface area contributed by atoms with E-state index in [9.17, 15) is 4.79 Å². The van der Waals surface area contributed by atoms with Gasteiger partial charge in [0.05, 0.1) is 5.75 Å². The van der Waals surface area contributed by atoms with Crippen molar-refractivity contribution in [1.29, 1.82) is 0 Å². The zero-order valence-corrected chi connectivity index (χ0v) is 12.7. The molecule has 3 nitrogen and oxygen atoms in total. The lowest BCUT2D eigenvalue weighted by Gasteiger charge is -2.24. The van der Waals surface area contributed by atoms with Gasteiger partial charge in [0.15, 0.2) is 0 Å². The van der Waals surface area contributed by atoms with Crippen molar-refractivity contribution in [3.05, 3.63) is 29.8 Å². The van der Waals surface area contributed by atoms with Gasteiger partial charge in [-0.3, -0.25) is 4.79 Å². The van der Waals surface area contributed by atoms with E-state index in [-0.39, 0.29) is 17.9 Å². The highest BCUT2D eigenvalue weighted by molar-refractivity contribution is 8.00. The fourth-order valence-electron chi connectivity index (χ4n) is 2.11. The summed E-state index contributed by atoms with van der Waals surface area (Å²) in [6, 6.07) is 8.47. The molecular weight excluding hydrogens is 278 g/mol. The minimum absolute atomic E-state index is 0.111. The Balaban J connectivity index is 2.08. The predicted molar refractivity (Wildman–Crippen MR) is 81.5 cm³/mol. The molecule has 1 unspecified atom stereocenters. The molecule has 0 bridgehead atoms. The van der Waals surface area contributed by atoms with Gasteiger partial charge in [-0.15, -0.1) is 23.5 Å². The first-order valence-corrected chi connectivity index (χ1v) is 8.54. The van der Waals surface area contributed by atoms with Crippen LogP contribution in [0.1, 0.15) is 24.3 Å². The van der Waals surface area contributed by atoms with Crippen molar-refractivity contribution < 1.29 is 9.90 Å². The Morgan fingerprint density at radius 2 is 2.16 bits per heavy atom. The quantitative estimate of drug-likeness (QED) is 0.820. The predicted octanol–water partition coefficient (Wildman–Crippen LogP) is 2.76. The summed E-state index contributed by atoms with van der Waals surface area (Å²) in [5.41, 5.74) is 1.18. The number of amides is 1. The number of carbonyl (C=O) groups is 1. The van der Waals surface area contributed by atoms with E-state index in [1.54, 1.807) is 11.8 Å². The molecule has 1 heterocycles. The highest BCUT2D eigenvalue weighted by Gasteiger charge is 2.32. The zero-order chi connectivity index (χ0) is 13.7. The molecule has 0 saturated carbocycles. The summed E-state index contributed by atoms with van der Waals surface area (Å²) in [7, 11) is 0. The third-order valence-corrected chi connectivity index (χ3v) is 5.15. The van der Waals surface area contributed by atoms with E-state index in [0.717, 1.165) is 5.75 Å². The van der Waals surface area contributed by atoms with Gasteiger partial charge in [-0.05, 0) is 29.9 Å². The Labute approximate surface area is 122 Å². The molecule has 0 aromatic heterocycles. The van der Waals surface area contributed by atoms with E-state index in [1.165, 1.54) is 10.5 Å². The molecule has 2 rings (SSSR count). The third kappa shape index (κ3) is 3.68. The van der Waals surface area contributed by atoms with Crippen molar-refractivity contribution in [2.45, 2.75) is 23.6 Å². The maximum Gasteiger partial charge on any atom is 0.233 e. The van der Waals surface area contributed by atoms with Crippen molar-refractivity contribution in [3.8, 4) is 0 Å². The fourth-order valence-corrected chi connectivity index (χ4v) is 3.99. The SMILES string of the molecule is CCSc1ccc(C2SCC(=O)N2CCCO)cc1. The van der Waals surface area contributed by atoms with E-state index in [4.69, 9.17) is 5.11 Å². The normalized spacial score (nSPS) is 19.2. The summed E-state index contributed by atoms with van der Waals surface area (Å²) in [6.07, 6.45) is 0.645. The number of rotatable bonds is 6. The van der Waals surface area contributed by atoms with Crippen LogP contribution in [0.15, 0.2) is 29.2 Å². The third-order valence-electron chi connectivity index (χ3n) is 3.00. The van der Waals surface area contributed by atoms with Crippen LogP contribution in [0.25, 0.3) is 0 Å². The number of aliphatic hydroxyl groups is 1. The molecule has 1 fully saturated rings. The number of hydrogen-bond donors (Lipinski definition) is 1. The average Bonchev–Trinajstić information content (AvgIpc) is 2.79. The molecule has 1 aromatic carbocycles. The van der Waals surface area contributed by atoms with Crippen LogP contribution >= 0.6 is 23.5 Å². The topological polar surface area (TPSA) is 40.5 Å². The van der Waals surface area contributed by atoms with Gasteiger partial charge in [0.2, 0.25) is 5.91 Å². The van der Waals surface area contributed by atoms with Crippen molar-refractivity contribution in [3.63, 3.8) is 0 Å². The second-order valence-electron chi connectivity index (χ2n) is 4.33. The first-order valence-electron chi connectivity index (χ1n) is 6.51. The lowest BCUT2D eigenvalue weighted by Crippen LogP contribution is -2.29. The Hall–Kier alpha value is -0.650. The summed E-state index contributed by atoms with van der Waals surface area (Å²) in [5.74, 6) is 1.79. The molecule has 1 aliphatic rings. The standard InChI is InChI=1S/C14H19NO2S2/c1-2-18-12-6-4-11(5-7-12)14-15(8-3-9-16)13(17)10-19-14/h4-7,14,16H,2-3,8-10H2,1H3. The van der Waals surface area contributed by atoms with Gasteiger partial charge in [-0.1, -0.05) is 19.1 Å². The van der Waals surface area contributed by atoms with Gasteiger partial charge in [0.25, 0.3) is 0 Å². The van der Waals surface area contributed by atoms with Gasteiger partial charge >= 0.3 is 0 Å². The van der Waals surface area contributed by atoms with E-state index in [2.05, 4.69) is 31.2 Å². The number of nitrogens with zero attached hydrogens (tertiary/aromatic N) is 1. The molecule has 0 aliphatic carbocycles. The van der Waals surface area contributed by atoms with Gasteiger partial charge in [0, 0.05) is 18.0 Å². The summed E-state index contributed by atoms with van der Waals surface area (Å²) < 4.78 is 0. The summed E-state index contributed by atoms with van der Waals surface area (Å²) in [6.45, 7) is 2.91. The van der Waals surface area contributed by atoms with E-state index in [1.807, 2.05) is 16.7 Å². The zero-order valence-electron chi connectivity index (χ0n) is 11.0. The number of aliphatic hydroxyl groups excluding tert-OH is 1. The molecule has 1 N–H and O–H groups in total. The Bertz CT molecular complexity index is 422. The van der Waals surface area contributed by atoms with Crippen molar-refractivity contribution >= 4 is 29.4 Å². The van der Waals surface area contributed by atoms with Crippen LogP contribution in [0.2, 0.25) is 0 Å². The minimum Gasteiger partial charge on any atom is -0.396 e. The number of benzene rings is 1. The van der Waals surface area contributed by atoms with Crippen LogP contribution < -0.4 is 0 Å². The van der Waals surface area contributed by atoms with Gasteiger partial charge in [-0.25, -0.2) is 0 Å². The monoisotopic (exact) mass is 297 g/mol. The summed E-state index contributed by atoms with van der Waals surface area (Å²) in [5, 5.41) is 9.03. The lowest BCUT2D eigenvalue weighted by atomic mass is 10.2. The Kier molecular flexibility index (Phi) is 5.60. The average molecular weight is 297 g/mol.